The summed E-state index contributed by atoms with van der Waals surface area (Å²) in [7, 11) is 0. The number of carboxylic acid groups (broad SMARTS) is 1. The third kappa shape index (κ3) is 4.02. The Hall–Kier alpha value is -3.76. The summed E-state index contributed by atoms with van der Waals surface area (Å²) in [6.07, 6.45) is 0.976. The third-order valence-electron chi connectivity index (χ3n) is 6.44. The number of benzene rings is 3. The maximum Gasteiger partial charge on any atom is 0.337 e. The van der Waals surface area contributed by atoms with Gasteiger partial charge in [-0.15, -0.1) is 0 Å². The van der Waals surface area contributed by atoms with Crippen molar-refractivity contribution in [2.24, 2.45) is 0 Å². The number of imidazole rings is 1. The molecule has 1 saturated heterocycles. The van der Waals surface area contributed by atoms with E-state index in [1.54, 1.807) is 19.1 Å². The zero-order valence-corrected chi connectivity index (χ0v) is 19.1. The minimum absolute atomic E-state index is 0.0590. The number of aryl methyl sites for hydroxylation is 1. The van der Waals surface area contributed by atoms with Crippen LogP contribution >= 0.6 is 0 Å². The van der Waals surface area contributed by atoms with E-state index < -0.39 is 46.6 Å². The predicted molar refractivity (Wildman–Crippen MR) is 124 cm³/mol. The SMILES string of the molecule is Cc1nc2c(C(=O)O)cc(-c3c(F)c(F)c(-c4ccc(CN5CCC[C@H]5O)cc4)c(F)c3F)cc2[nH]1. The van der Waals surface area contributed by atoms with E-state index in [9.17, 15) is 15.0 Å². The van der Waals surface area contributed by atoms with Crippen LogP contribution < -0.4 is 0 Å². The molecule has 0 amide bonds. The van der Waals surface area contributed by atoms with Crippen molar-refractivity contribution in [1.82, 2.24) is 14.9 Å². The smallest absolute Gasteiger partial charge is 0.337 e. The number of aromatic carboxylic acids is 1. The van der Waals surface area contributed by atoms with Gasteiger partial charge < -0.3 is 15.2 Å². The molecule has 1 atom stereocenters. The number of aromatic nitrogens is 2. The van der Waals surface area contributed by atoms with Crippen molar-refractivity contribution in [2.45, 2.75) is 32.5 Å². The van der Waals surface area contributed by atoms with E-state index in [2.05, 4.69) is 9.97 Å². The Balaban J connectivity index is 1.57. The average Bonchev–Trinajstić information content (AvgIpc) is 3.42. The van der Waals surface area contributed by atoms with Gasteiger partial charge in [-0.25, -0.2) is 27.3 Å². The lowest BCUT2D eigenvalue weighted by molar-refractivity contribution is 0.0328. The van der Waals surface area contributed by atoms with E-state index in [-0.39, 0.29) is 27.7 Å². The van der Waals surface area contributed by atoms with Gasteiger partial charge in [-0.2, -0.15) is 0 Å². The number of carboxylic acids is 1. The summed E-state index contributed by atoms with van der Waals surface area (Å²) >= 11 is 0. The number of aromatic amines is 1. The molecule has 1 aromatic heterocycles. The summed E-state index contributed by atoms with van der Waals surface area (Å²) in [5.74, 6) is -7.51. The van der Waals surface area contributed by atoms with Crippen LogP contribution in [0.15, 0.2) is 36.4 Å². The largest absolute Gasteiger partial charge is 0.478 e. The molecule has 0 unspecified atom stereocenters. The highest BCUT2D eigenvalue weighted by Gasteiger charge is 2.29. The fourth-order valence-corrected chi connectivity index (χ4v) is 4.69. The fraction of sp³-hybridized carbons (Fsp3) is 0.231. The summed E-state index contributed by atoms with van der Waals surface area (Å²) in [5, 5.41) is 19.5. The van der Waals surface area contributed by atoms with Gasteiger partial charge >= 0.3 is 5.97 Å². The molecule has 4 aromatic rings. The third-order valence-corrected chi connectivity index (χ3v) is 6.44. The maximum atomic E-state index is 15.2. The van der Waals surface area contributed by atoms with E-state index >= 15 is 17.6 Å². The van der Waals surface area contributed by atoms with Crippen LogP contribution in [0.1, 0.15) is 34.6 Å². The molecule has 0 radical (unpaired) electrons. The first-order valence-electron chi connectivity index (χ1n) is 11.3. The van der Waals surface area contributed by atoms with Crippen LogP contribution in [0.5, 0.6) is 0 Å². The van der Waals surface area contributed by atoms with Crippen LogP contribution in [-0.2, 0) is 6.54 Å². The van der Waals surface area contributed by atoms with E-state index in [1.807, 2.05) is 4.90 Å². The van der Waals surface area contributed by atoms with E-state index in [0.29, 0.717) is 18.8 Å². The van der Waals surface area contributed by atoms with Crippen molar-refractivity contribution < 1.29 is 32.6 Å². The predicted octanol–water partition coefficient (Wildman–Crippen LogP) is 5.37. The van der Waals surface area contributed by atoms with Crippen molar-refractivity contribution in [3.8, 4) is 22.3 Å². The van der Waals surface area contributed by atoms with Crippen molar-refractivity contribution in [1.29, 1.82) is 0 Å². The molecule has 36 heavy (non-hydrogen) atoms. The number of nitrogens with zero attached hydrogens (tertiary/aromatic N) is 2. The van der Waals surface area contributed by atoms with Crippen LogP contribution in [0.4, 0.5) is 17.6 Å². The number of aliphatic hydroxyl groups excluding tert-OH is 1. The number of hydrogen-bond donors (Lipinski definition) is 3. The second kappa shape index (κ2) is 9.03. The van der Waals surface area contributed by atoms with Crippen LogP contribution in [-0.4, -0.2) is 43.8 Å². The average molecular weight is 499 g/mol. The van der Waals surface area contributed by atoms with Gasteiger partial charge in [0.1, 0.15) is 17.6 Å². The number of aliphatic hydroxyl groups is 1. The highest BCUT2D eigenvalue weighted by Crippen LogP contribution is 2.38. The first kappa shape index (κ1) is 24.0. The number of halogens is 4. The molecule has 6 nitrogen and oxygen atoms in total. The molecule has 0 aliphatic carbocycles. The highest BCUT2D eigenvalue weighted by atomic mass is 19.2. The molecule has 2 heterocycles. The summed E-state index contributed by atoms with van der Waals surface area (Å²) in [5.41, 5.74) is -1.66. The van der Waals surface area contributed by atoms with Gasteiger partial charge in [0.05, 0.1) is 22.2 Å². The zero-order chi connectivity index (χ0) is 25.7. The van der Waals surface area contributed by atoms with Crippen molar-refractivity contribution in [3.63, 3.8) is 0 Å². The molecule has 1 aliphatic rings. The Morgan fingerprint density at radius 2 is 1.64 bits per heavy atom. The summed E-state index contributed by atoms with van der Waals surface area (Å²) in [6, 6.07) is 8.02. The van der Waals surface area contributed by atoms with Crippen molar-refractivity contribution in [2.75, 3.05) is 6.54 Å². The Morgan fingerprint density at radius 3 is 2.19 bits per heavy atom. The van der Waals surface area contributed by atoms with Crippen LogP contribution in [0, 0.1) is 30.2 Å². The Bertz CT molecular complexity index is 1470. The molecule has 10 heteroatoms. The van der Waals surface area contributed by atoms with Crippen molar-refractivity contribution in [3.05, 3.63) is 76.6 Å². The number of rotatable bonds is 5. The molecule has 5 rings (SSSR count). The number of H-pyrrole nitrogens is 1. The standard InChI is InChI=1S/C26H21F4N3O3/c1-12-31-17-10-15(9-16(26(35)36)25(17)32-12)20-23(29)21(27)19(22(28)24(20)30)14-6-4-13(5-7-14)11-33-8-2-3-18(33)34/h4-7,9-10,18,34H,2-3,8,11H2,1H3,(H,31,32)(H,35,36)/t18-/m1/s1. The number of likely N-dealkylation sites (tertiary alicyclic amines) is 1. The number of carbonyl (C=O) groups is 1. The molecular weight excluding hydrogens is 478 g/mol. The van der Waals surface area contributed by atoms with Gasteiger partial charge in [0.2, 0.25) is 0 Å². The van der Waals surface area contributed by atoms with E-state index in [1.165, 1.54) is 18.2 Å². The van der Waals surface area contributed by atoms with Gasteiger partial charge in [-0.1, -0.05) is 24.3 Å². The molecule has 3 aromatic carbocycles. The van der Waals surface area contributed by atoms with Crippen LogP contribution in [0.25, 0.3) is 33.3 Å². The van der Waals surface area contributed by atoms with E-state index in [4.69, 9.17) is 0 Å². The Morgan fingerprint density at radius 1 is 1.03 bits per heavy atom. The minimum atomic E-state index is -1.64. The van der Waals surface area contributed by atoms with Gasteiger partial charge in [0.25, 0.3) is 0 Å². The Labute approximate surface area is 202 Å². The first-order chi connectivity index (χ1) is 17.2. The summed E-state index contributed by atoms with van der Waals surface area (Å²) < 4.78 is 60.8. The molecule has 0 bridgehead atoms. The lowest BCUT2D eigenvalue weighted by Crippen LogP contribution is -2.28. The molecule has 186 valence electrons. The van der Waals surface area contributed by atoms with Gasteiger partial charge in [0, 0.05) is 13.1 Å². The number of nitrogens with one attached hydrogen (secondary N) is 1. The molecule has 0 saturated carbocycles. The zero-order valence-electron chi connectivity index (χ0n) is 19.1. The number of fused-ring (bicyclic) bond motifs is 1. The normalized spacial score (nSPS) is 16.2. The fourth-order valence-electron chi connectivity index (χ4n) is 4.69. The maximum absolute atomic E-state index is 15.2. The minimum Gasteiger partial charge on any atom is -0.478 e. The second-order valence-corrected chi connectivity index (χ2v) is 8.84. The Kier molecular flexibility index (Phi) is 6.01. The second-order valence-electron chi connectivity index (χ2n) is 8.84. The van der Waals surface area contributed by atoms with Crippen LogP contribution in [0.3, 0.4) is 0 Å². The van der Waals surface area contributed by atoms with E-state index in [0.717, 1.165) is 24.6 Å². The van der Waals surface area contributed by atoms with Gasteiger partial charge in [0.15, 0.2) is 23.3 Å². The van der Waals surface area contributed by atoms with Gasteiger partial charge in [-0.3, -0.25) is 4.90 Å². The summed E-state index contributed by atoms with van der Waals surface area (Å²) in [4.78, 5) is 20.4. The highest BCUT2D eigenvalue weighted by molar-refractivity contribution is 6.03. The lowest BCUT2D eigenvalue weighted by atomic mass is 9.95. The van der Waals surface area contributed by atoms with Gasteiger partial charge in [-0.05, 0) is 48.6 Å². The summed E-state index contributed by atoms with van der Waals surface area (Å²) in [6.45, 7) is 2.71. The quantitative estimate of drug-likeness (QED) is 0.254. The number of hydrogen-bond acceptors (Lipinski definition) is 4. The van der Waals surface area contributed by atoms with Crippen molar-refractivity contribution >= 4 is 17.0 Å². The monoisotopic (exact) mass is 499 g/mol. The topological polar surface area (TPSA) is 89.4 Å². The molecule has 3 N–H and O–H groups in total. The molecule has 0 spiro atoms. The first-order valence-corrected chi connectivity index (χ1v) is 11.3. The molecule has 1 fully saturated rings. The molecular formula is C26H21F4N3O3. The lowest BCUT2D eigenvalue weighted by Gasteiger charge is -2.20. The van der Waals surface area contributed by atoms with Crippen LogP contribution in [0.2, 0.25) is 0 Å². The molecule has 1 aliphatic heterocycles.